The van der Waals surface area contributed by atoms with Crippen molar-refractivity contribution in [3.63, 3.8) is 0 Å². The number of aromatic nitrogens is 2. The molecule has 0 amide bonds. The lowest BCUT2D eigenvalue weighted by molar-refractivity contribution is -0.139. The van der Waals surface area contributed by atoms with Gasteiger partial charge in [-0.15, -0.1) is 0 Å². The summed E-state index contributed by atoms with van der Waals surface area (Å²) in [5.74, 6) is -0.406. The largest absolute Gasteiger partial charge is 0.474 e. The monoisotopic (exact) mass is 381 g/mol. The van der Waals surface area contributed by atoms with Crippen molar-refractivity contribution < 1.29 is 17.9 Å². The van der Waals surface area contributed by atoms with Crippen LogP contribution in [0.25, 0.3) is 0 Å². The molecular formula is C20H26F3N3O. The Labute approximate surface area is 158 Å². The lowest BCUT2D eigenvalue weighted by Gasteiger charge is -2.16. The fraction of sp³-hybridized carbons (Fsp3) is 0.500. The molecule has 4 nitrogen and oxygen atoms in total. The number of rotatable bonds is 9. The van der Waals surface area contributed by atoms with Crippen LogP contribution in [0.4, 0.5) is 24.8 Å². The second-order valence-electron chi connectivity index (χ2n) is 6.71. The Hall–Kier alpha value is -2.31. The first-order chi connectivity index (χ1) is 12.8. The molecule has 0 fully saturated rings. The minimum absolute atomic E-state index is 0.0642. The number of benzene rings is 1. The van der Waals surface area contributed by atoms with E-state index in [9.17, 15) is 13.2 Å². The molecule has 0 spiro atoms. The maximum atomic E-state index is 13.1. The molecule has 0 aliphatic carbocycles. The van der Waals surface area contributed by atoms with Crippen molar-refractivity contribution in [2.24, 2.45) is 0 Å². The van der Waals surface area contributed by atoms with Crippen LogP contribution in [0.5, 0.6) is 5.88 Å². The van der Waals surface area contributed by atoms with Crippen molar-refractivity contribution in [1.82, 2.24) is 9.97 Å². The first-order valence-corrected chi connectivity index (χ1v) is 9.26. The highest BCUT2D eigenvalue weighted by atomic mass is 19.4. The molecule has 0 aliphatic rings. The van der Waals surface area contributed by atoms with Crippen molar-refractivity contribution in [2.45, 2.75) is 65.2 Å². The standard InChI is InChI=1S/C20H26F3N3O/c1-4-5-6-7-8-15-9-11-16(12-10-15)25-19-24-13-17(20(21,22)23)18(26-19)27-14(2)3/h9-14H,4-8H2,1-3H3,(H,24,25,26). The molecule has 148 valence electrons. The maximum absolute atomic E-state index is 13.1. The fourth-order valence-electron chi connectivity index (χ4n) is 2.57. The number of nitrogens with one attached hydrogen (secondary N) is 1. The average Bonchev–Trinajstić information content (AvgIpc) is 2.59. The fourth-order valence-corrected chi connectivity index (χ4v) is 2.57. The summed E-state index contributed by atoms with van der Waals surface area (Å²) in [6.07, 6.45) is 1.58. The minimum atomic E-state index is -4.57. The van der Waals surface area contributed by atoms with Crippen LogP contribution >= 0.6 is 0 Å². The van der Waals surface area contributed by atoms with Gasteiger partial charge < -0.3 is 10.1 Å². The number of hydrogen-bond acceptors (Lipinski definition) is 4. The Morgan fingerprint density at radius 2 is 1.78 bits per heavy atom. The molecule has 1 aromatic heterocycles. The first-order valence-electron chi connectivity index (χ1n) is 9.26. The van der Waals surface area contributed by atoms with Gasteiger partial charge in [-0.2, -0.15) is 18.2 Å². The zero-order chi connectivity index (χ0) is 19.9. The van der Waals surface area contributed by atoms with Gasteiger partial charge in [0.25, 0.3) is 0 Å². The second kappa shape index (κ2) is 9.58. The molecule has 1 aromatic carbocycles. The van der Waals surface area contributed by atoms with Crippen molar-refractivity contribution in [2.75, 3.05) is 5.32 Å². The van der Waals surface area contributed by atoms with E-state index in [2.05, 4.69) is 22.2 Å². The summed E-state index contributed by atoms with van der Waals surface area (Å²) in [6, 6.07) is 7.76. The molecule has 0 saturated heterocycles. The molecule has 1 N–H and O–H groups in total. The maximum Gasteiger partial charge on any atom is 0.423 e. The molecule has 0 bridgehead atoms. The summed E-state index contributed by atoms with van der Waals surface area (Å²) in [5, 5.41) is 2.93. The van der Waals surface area contributed by atoms with E-state index in [1.165, 1.54) is 24.8 Å². The highest BCUT2D eigenvalue weighted by Gasteiger charge is 2.36. The summed E-state index contributed by atoms with van der Waals surface area (Å²) in [5.41, 5.74) is 0.959. The molecule has 7 heteroatoms. The van der Waals surface area contributed by atoms with Gasteiger partial charge in [0.15, 0.2) is 0 Å². The van der Waals surface area contributed by atoms with E-state index < -0.39 is 23.7 Å². The number of alkyl halides is 3. The summed E-state index contributed by atoms with van der Waals surface area (Å²) < 4.78 is 44.4. The van der Waals surface area contributed by atoms with E-state index in [0.29, 0.717) is 5.69 Å². The van der Waals surface area contributed by atoms with Gasteiger partial charge in [-0.05, 0) is 44.4 Å². The third kappa shape index (κ3) is 6.73. The third-order valence-corrected chi connectivity index (χ3v) is 3.94. The van der Waals surface area contributed by atoms with Crippen LogP contribution in [-0.2, 0) is 12.6 Å². The van der Waals surface area contributed by atoms with E-state index in [4.69, 9.17) is 4.74 Å². The van der Waals surface area contributed by atoms with Gasteiger partial charge in [-0.25, -0.2) is 4.98 Å². The predicted molar refractivity (Wildman–Crippen MR) is 100 cm³/mol. The van der Waals surface area contributed by atoms with Crippen LogP contribution in [0.3, 0.4) is 0 Å². The lowest BCUT2D eigenvalue weighted by atomic mass is 10.1. The van der Waals surface area contributed by atoms with E-state index >= 15 is 0 Å². The normalized spacial score (nSPS) is 11.7. The Kier molecular flexibility index (Phi) is 7.45. The number of nitrogens with zero attached hydrogens (tertiary/aromatic N) is 2. The molecular weight excluding hydrogens is 355 g/mol. The molecule has 0 radical (unpaired) electrons. The van der Waals surface area contributed by atoms with Crippen molar-refractivity contribution >= 4 is 11.6 Å². The molecule has 0 unspecified atom stereocenters. The quantitative estimate of drug-likeness (QED) is 0.529. The van der Waals surface area contributed by atoms with Crippen LogP contribution in [0.1, 0.15) is 57.6 Å². The lowest BCUT2D eigenvalue weighted by Crippen LogP contribution is -2.15. The smallest absolute Gasteiger partial charge is 0.423 e. The number of hydrogen-bond donors (Lipinski definition) is 1. The Balaban J connectivity index is 2.08. The number of halogens is 3. The molecule has 1 heterocycles. The van der Waals surface area contributed by atoms with Gasteiger partial charge in [0.05, 0.1) is 6.10 Å². The van der Waals surface area contributed by atoms with Gasteiger partial charge in [0.1, 0.15) is 5.56 Å². The third-order valence-electron chi connectivity index (χ3n) is 3.94. The summed E-state index contributed by atoms with van der Waals surface area (Å²) in [4.78, 5) is 7.68. The molecule has 2 rings (SSSR count). The summed E-state index contributed by atoms with van der Waals surface area (Å²) >= 11 is 0. The first kappa shape index (κ1) is 21.0. The Bertz CT molecular complexity index is 715. The van der Waals surface area contributed by atoms with Crippen molar-refractivity contribution in [1.29, 1.82) is 0 Å². The van der Waals surface area contributed by atoms with Gasteiger partial charge in [-0.1, -0.05) is 38.3 Å². The molecule has 0 saturated carbocycles. The van der Waals surface area contributed by atoms with E-state index in [1.807, 2.05) is 24.3 Å². The molecule has 0 aliphatic heterocycles. The summed E-state index contributed by atoms with van der Waals surface area (Å²) in [6.45, 7) is 5.48. The minimum Gasteiger partial charge on any atom is -0.474 e. The molecule has 0 atom stereocenters. The number of unbranched alkanes of at least 4 members (excludes halogenated alkanes) is 3. The van der Waals surface area contributed by atoms with Crippen LogP contribution in [0, 0.1) is 0 Å². The molecule has 2 aromatic rings. The van der Waals surface area contributed by atoms with Gasteiger partial charge in [-0.3, -0.25) is 0 Å². The highest BCUT2D eigenvalue weighted by molar-refractivity contribution is 5.54. The van der Waals surface area contributed by atoms with Gasteiger partial charge >= 0.3 is 6.18 Å². The van der Waals surface area contributed by atoms with E-state index in [1.54, 1.807) is 13.8 Å². The summed E-state index contributed by atoms with van der Waals surface area (Å²) in [7, 11) is 0. The average molecular weight is 381 g/mol. The zero-order valence-electron chi connectivity index (χ0n) is 15.9. The second-order valence-corrected chi connectivity index (χ2v) is 6.71. The number of aryl methyl sites for hydroxylation is 1. The van der Waals surface area contributed by atoms with Crippen LogP contribution < -0.4 is 10.1 Å². The predicted octanol–water partition coefficient (Wildman–Crippen LogP) is 6.15. The van der Waals surface area contributed by atoms with Crippen LogP contribution in [-0.4, -0.2) is 16.1 Å². The number of anilines is 2. The van der Waals surface area contributed by atoms with Crippen molar-refractivity contribution in [3.05, 3.63) is 41.6 Å². The molecule has 27 heavy (non-hydrogen) atoms. The van der Waals surface area contributed by atoms with Crippen molar-refractivity contribution in [3.8, 4) is 5.88 Å². The van der Waals surface area contributed by atoms with Gasteiger partial charge in [0, 0.05) is 11.9 Å². The van der Waals surface area contributed by atoms with E-state index in [-0.39, 0.29) is 5.95 Å². The zero-order valence-corrected chi connectivity index (χ0v) is 15.9. The highest BCUT2D eigenvalue weighted by Crippen LogP contribution is 2.35. The van der Waals surface area contributed by atoms with Crippen LogP contribution in [0.15, 0.2) is 30.5 Å². The Morgan fingerprint density at radius 1 is 1.07 bits per heavy atom. The topological polar surface area (TPSA) is 47.0 Å². The van der Waals surface area contributed by atoms with Gasteiger partial charge in [0.2, 0.25) is 11.8 Å². The number of ether oxygens (including phenoxy) is 1. The SMILES string of the molecule is CCCCCCc1ccc(Nc2ncc(C(F)(F)F)c(OC(C)C)n2)cc1. The van der Waals surface area contributed by atoms with E-state index in [0.717, 1.165) is 19.0 Å². The van der Waals surface area contributed by atoms with Crippen LogP contribution in [0.2, 0.25) is 0 Å². The Morgan fingerprint density at radius 3 is 2.37 bits per heavy atom.